The number of pyridine rings is 2. The van der Waals surface area contributed by atoms with Crippen molar-refractivity contribution in [2.75, 3.05) is 12.4 Å². The SMILES string of the molecule is NC1=N[C@](CF)(c2cc(CC(=O)c3ncc(F)cc3F)ccn2)CCS1. The van der Waals surface area contributed by atoms with Gasteiger partial charge in [-0.3, -0.25) is 9.78 Å². The van der Waals surface area contributed by atoms with Gasteiger partial charge in [-0.25, -0.2) is 23.1 Å². The summed E-state index contributed by atoms with van der Waals surface area (Å²) in [5, 5.41) is 0.287. The fraction of sp³-hybridized carbons (Fsp3) is 0.294. The number of rotatable bonds is 5. The van der Waals surface area contributed by atoms with E-state index in [2.05, 4.69) is 15.0 Å². The molecule has 0 amide bonds. The molecule has 26 heavy (non-hydrogen) atoms. The second-order valence-electron chi connectivity index (χ2n) is 5.85. The van der Waals surface area contributed by atoms with Crippen molar-refractivity contribution in [3.05, 3.63) is 59.2 Å². The van der Waals surface area contributed by atoms with E-state index in [0.29, 0.717) is 29.5 Å². The lowest BCUT2D eigenvalue weighted by molar-refractivity contribution is 0.0983. The van der Waals surface area contributed by atoms with Crippen LogP contribution in [-0.4, -0.2) is 33.3 Å². The Bertz CT molecular complexity index is 877. The first-order valence-corrected chi connectivity index (χ1v) is 8.76. The number of hydrogen-bond acceptors (Lipinski definition) is 6. The summed E-state index contributed by atoms with van der Waals surface area (Å²) in [6, 6.07) is 3.73. The van der Waals surface area contributed by atoms with E-state index in [1.807, 2.05) is 0 Å². The maximum absolute atomic E-state index is 13.8. The summed E-state index contributed by atoms with van der Waals surface area (Å²) >= 11 is 1.34. The van der Waals surface area contributed by atoms with Crippen molar-refractivity contribution in [2.24, 2.45) is 10.7 Å². The summed E-state index contributed by atoms with van der Waals surface area (Å²) in [5.41, 5.74) is 4.98. The summed E-state index contributed by atoms with van der Waals surface area (Å²) in [5.74, 6) is -1.89. The van der Waals surface area contributed by atoms with Gasteiger partial charge in [0.25, 0.3) is 0 Å². The van der Waals surface area contributed by atoms with Crippen LogP contribution in [0, 0.1) is 11.6 Å². The lowest BCUT2D eigenvalue weighted by Crippen LogP contribution is -2.34. The Kier molecular flexibility index (Phi) is 5.26. The highest BCUT2D eigenvalue weighted by atomic mass is 32.2. The summed E-state index contributed by atoms with van der Waals surface area (Å²) in [6.07, 6.45) is 2.47. The number of aliphatic imine (C=N–C) groups is 1. The first kappa shape index (κ1) is 18.4. The summed E-state index contributed by atoms with van der Waals surface area (Å²) < 4.78 is 40.4. The number of Topliss-reactive ketones (excluding diaryl/α,β-unsaturated/α-hetero) is 1. The molecule has 5 nitrogen and oxygen atoms in total. The Morgan fingerprint density at radius 2 is 2.12 bits per heavy atom. The first-order valence-electron chi connectivity index (χ1n) is 7.77. The van der Waals surface area contributed by atoms with Gasteiger partial charge in [-0.1, -0.05) is 11.8 Å². The van der Waals surface area contributed by atoms with E-state index in [9.17, 15) is 18.0 Å². The molecule has 2 aromatic heterocycles. The number of ketones is 1. The van der Waals surface area contributed by atoms with E-state index >= 15 is 0 Å². The molecule has 0 fully saturated rings. The van der Waals surface area contributed by atoms with E-state index in [4.69, 9.17) is 5.73 Å². The van der Waals surface area contributed by atoms with Crippen LogP contribution < -0.4 is 5.73 Å². The third kappa shape index (κ3) is 3.72. The van der Waals surface area contributed by atoms with Crippen LogP contribution in [-0.2, 0) is 12.0 Å². The number of hydrogen-bond donors (Lipinski definition) is 1. The molecule has 1 aliphatic heterocycles. The minimum atomic E-state index is -1.17. The molecule has 0 spiro atoms. The van der Waals surface area contributed by atoms with E-state index in [-0.39, 0.29) is 11.6 Å². The number of alkyl halides is 1. The van der Waals surface area contributed by atoms with Gasteiger partial charge in [-0.15, -0.1) is 0 Å². The molecular weight excluding hydrogens is 365 g/mol. The van der Waals surface area contributed by atoms with E-state index < -0.39 is 35.3 Å². The highest BCUT2D eigenvalue weighted by molar-refractivity contribution is 8.13. The third-order valence-electron chi connectivity index (χ3n) is 4.05. The van der Waals surface area contributed by atoms with Gasteiger partial charge in [0, 0.05) is 24.4 Å². The molecule has 0 unspecified atom stereocenters. The van der Waals surface area contributed by atoms with Crippen LogP contribution in [0.4, 0.5) is 13.2 Å². The maximum atomic E-state index is 13.8. The van der Waals surface area contributed by atoms with Crippen molar-refractivity contribution in [2.45, 2.75) is 18.4 Å². The Morgan fingerprint density at radius 3 is 2.81 bits per heavy atom. The normalized spacial score (nSPS) is 19.9. The summed E-state index contributed by atoms with van der Waals surface area (Å²) in [6.45, 7) is -0.771. The number of amidine groups is 1. The molecule has 3 rings (SSSR count). The van der Waals surface area contributed by atoms with Crippen LogP contribution in [0.25, 0.3) is 0 Å². The zero-order valence-electron chi connectivity index (χ0n) is 13.6. The maximum Gasteiger partial charge on any atom is 0.188 e. The van der Waals surface area contributed by atoms with Crippen LogP contribution in [0.15, 0.2) is 35.6 Å². The average molecular weight is 380 g/mol. The van der Waals surface area contributed by atoms with Crippen LogP contribution in [0.3, 0.4) is 0 Å². The molecule has 1 atom stereocenters. The molecule has 2 aromatic rings. The van der Waals surface area contributed by atoms with Gasteiger partial charge < -0.3 is 5.73 Å². The van der Waals surface area contributed by atoms with Crippen molar-refractivity contribution < 1.29 is 18.0 Å². The molecule has 0 saturated carbocycles. The zero-order chi connectivity index (χ0) is 18.7. The molecule has 0 aliphatic carbocycles. The Morgan fingerprint density at radius 1 is 1.31 bits per heavy atom. The molecule has 0 aromatic carbocycles. The molecule has 0 bridgehead atoms. The number of nitrogens with two attached hydrogens (primary N) is 1. The fourth-order valence-corrected chi connectivity index (χ4v) is 3.59. The third-order valence-corrected chi connectivity index (χ3v) is 4.84. The van der Waals surface area contributed by atoms with Crippen molar-refractivity contribution in [3.8, 4) is 0 Å². The quantitative estimate of drug-likeness (QED) is 0.807. The second-order valence-corrected chi connectivity index (χ2v) is 6.96. The highest BCUT2D eigenvalue weighted by Gasteiger charge is 2.36. The number of carbonyl (C=O) groups is 1. The zero-order valence-corrected chi connectivity index (χ0v) is 14.4. The molecule has 3 heterocycles. The first-order chi connectivity index (χ1) is 12.4. The van der Waals surface area contributed by atoms with Crippen LogP contribution in [0.1, 0.15) is 28.2 Å². The minimum absolute atomic E-state index is 0.179. The van der Waals surface area contributed by atoms with Crippen LogP contribution in [0.5, 0.6) is 0 Å². The van der Waals surface area contributed by atoms with Crippen LogP contribution >= 0.6 is 11.8 Å². The van der Waals surface area contributed by atoms with Gasteiger partial charge in [0.05, 0.1) is 11.9 Å². The number of aromatic nitrogens is 2. The molecule has 1 aliphatic rings. The number of halogens is 3. The molecule has 0 saturated heterocycles. The standard InChI is InChI=1S/C17H15F3N4OS/c18-9-17(2-4-26-16(21)24-17)14-6-10(1-3-22-14)5-13(25)15-12(20)7-11(19)8-23-15/h1,3,6-8H,2,4-5,9H2,(H2,21,24)/t17-/m1/s1. The van der Waals surface area contributed by atoms with Crippen LogP contribution in [0.2, 0.25) is 0 Å². The molecule has 0 radical (unpaired) electrons. The van der Waals surface area contributed by atoms with Gasteiger partial charge in [0.2, 0.25) is 0 Å². The van der Waals surface area contributed by atoms with Gasteiger partial charge in [-0.05, 0) is 24.1 Å². The average Bonchev–Trinajstić information content (AvgIpc) is 2.61. The van der Waals surface area contributed by atoms with E-state index in [1.54, 1.807) is 12.1 Å². The number of nitrogens with zero attached hydrogens (tertiary/aromatic N) is 3. The Labute approximate surface area is 151 Å². The second kappa shape index (κ2) is 7.45. The number of thioether (sulfide) groups is 1. The van der Waals surface area contributed by atoms with Crippen molar-refractivity contribution >= 4 is 22.7 Å². The predicted molar refractivity (Wildman–Crippen MR) is 92.8 cm³/mol. The van der Waals surface area contributed by atoms with Crippen molar-refractivity contribution in [1.82, 2.24) is 9.97 Å². The Hall–Kier alpha value is -2.42. The predicted octanol–water partition coefficient (Wildman–Crippen LogP) is 2.80. The lowest BCUT2D eigenvalue weighted by Gasteiger charge is -2.30. The molecule has 136 valence electrons. The lowest BCUT2D eigenvalue weighted by atomic mass is 9.92. The fourth-order valence-electron chi connectivity index (χ4n) is 2.70. The molecule has 2 N–H and O–H groups in total. The summed E-state index contributed by atoms with van der Waals surface area (Å²) in [4.78, 5) is 24.2. The number of carbonyl (C=O) groups excluding carboxylic acids is 1. The van der Waals surface area contributed by atoms with Gasteiger partial charge in [-0.2, -0.15) is 0 Å². The van der Waals surface area contributed by atoms with Gasteiger partial charge in [0.1, 0.15) is 23.7 Å². The smallest absolute Gasteiger partial charge is 0.188 e. The van der Waals surface area contributed by atoms with Crippen molar-refractivity contribution in [1.29, 1.82) is 0 Å². The van der Waals surface area contributed by atoms with Gasteiger partial charge >= 0.3 is 0 Å². The largest absolute Gasteiger partial charge is 0.379 e. The molecular formula is C17H15F3N4OS. The van der Waals surface area contributed by atoms with E-state index in [0.717, 1.165) is 6.20 Å². The monoisotopic (exact) mass is 380 g/mol. The topological polar surface area (TPSA) is 81.2 Å². The molecule has 9 heteroatoms. The summed E-state index contributed by atoms with van der Waals surface area (Å²) in [7, 11) is 0. The highest BCUT2D eigenvalue weighted by Crippen LogP contribution is 2.35. The van der Waals surface area contributed by atoms with Crippen molar-refractivity contribution in [3.63, 3.8) is 0 Å². The Balaban J connectivity index is 1.88. The van der Waals surface area contributed by atoms with Gasteiger partial charge in [0.15, 0.2) is 16.8 Å². The van der Waals surface area contributed by atoms with E-state index in [1.165, 1.54) is 18.0 Å². The minimum Gasteiger partial charge on any atom is -0.379 e.